The van der Waals surface area contributed by atoms with Crippen molar-refractivity contribution in [2.24, 2.45) is 10.2 Å². The Hall–Kier alpha value is -3.20. The van der Waals surface area contributed by atoms with Gasteiger partial charge in [-0.25, -0.2) is 9.78 Å². The Bertz CT molecular complexity index is 778. The number of nitrogens with two attached hydrogens (primary N) is 2. The van der Waals surface area contributed by atoms with Crippen LogP contribution in [0.4, 0.5) is 27.8 Å². The van der Waals surface area contributed by atoms with Gasteiger partial charge in [0.05, 0.1) is 5.69 Å². The molecule has 0 saturated heterocycles. The molecule has 0 unspecified atom stereocenters. The number of hydrogen-bond acceptors (Lipinski definition) is 8. The van der Waals surface area contributed by atoms with Crippen LogP contribution >= 0.6 is 0 Å². The third-order valence-electron chi connectivity index (χ3n) is 3.44. The van der Waals surface area contributed by atoms with E-state index in [0.29, 0.717) is 18.8 Å². The Morgan fingerprint density at radius 3 is 2.42 bits per heavy atom. The number of azo groups is 1. The lowest BCUT2D eigenvalue weighted by Crippen LogP contribution is -2.35. The molecule has 2 rings (SSSR count). The van der Waals surface area contributed by atoms with E-state index in [9.17, 15) is 4.79 Å². The van der Waals surface area contributed by atoms with Gasteiger partial charge in [-0.2, -0.15) is 5.11 Å². The molecule has 4 N–H and O–H groups in total. The lowest BCUT2D eigenvalue weighted by molar-refractivity contribution is 0.159. The first-order valence-corrected chi connectivity index (χ1v) is 7.97. The molecule has 9 heteroatoms. The van der Waals surface area contributed by atoms with Gasteiger partial charge in [-0.15, -0.1) is 5.11 Å². The topological polar surface area (TPSA) is 122 Å². The zero-order valence-electron chi connectivity index (χ0n) is 15.1. The summed E-state index contributed by atoms with van der Waals surface area (Å²) in [6.07, 6.45) is -0.545. The monoisotopic (exact) mass is 357 g/mol. The molecule has 138 valence electrons. The molecule has 2 aromatic rings. The van der Waals surface area contributed by atoms with Gasteiger partial charge in [0.2, 0.25) is 0 Å². The second kappa shape index (κ2) is 8.77. The summed E-state index contributed by atoms with van der Waals surface area (Å²) in [7, 11) is 5.49. The summed E-state index contributed by atoms with van der Waals surface area (Å²) in [5, 5.41) is 8.14. The van der Waals surface area contributed by atoms with E-state index in [4.69, 9.17) is 16.2 Å². The van der Waals surface area contributed by atoms with Crippen LogP contribution in [0.1, 0.15) is 0 Å². The van der Waals surface area contributed by atoms with Gasteiger partial charge in [-0.05, 0) is 26.2 Å². The fraction of sp³-hybridized carbons (Fsp3) is 0.294. The van der Waals surface area contributed by atoms with Crippen LogP contribution < -0.4 is 16.2 Å². The maximum atomic E-state index is 12.2. The molecular formula is C17H23N7O2. The Balaban J connectivity index is 2.14. The molecule has 1 heterocycles. The van der Waals surface area contributed by atoms with Gasteiger partial charge in [-0.1, -0.05) is 18.2 Å². The molecule has 0 fully saturated rings. The van der Waals surface area contributed by atoms with E-state index in [-0.39, 0.29) is 23.1 Å². The predicted molar refractivity (Wildman–Crippen MR) is 101 cm³/mol. The number of carbonyl (C=O) groups excluding carboxylic acids is 1. The average molecular weight is 357 g/mol. The minimum absolute atomic E-state index is 0.00974. The van der Waals surface area contributed by atoms with Crippen molar-refractivity contribution in [2.45, 2.75) is 0 Å². The first kappa shape index (κ1) is 19.1. The lowest BCUT2D eigenvalue weighted by atomic mass is 10.3. The molecule has 1 aromatic heterocycles. The zero-order chi connectivity index (χ0) is 19.1. The fourth-order valence-electron chi connectivity index (χ4n) is 1.90. The molecule has 9 nitrogen and oxygen atoms in total. The number of rotatable bonds is 6. The van der Waals surface area contributed by atoms with Crippen LogP contribution in [0.25, 0.3) is 0 Å². The van der Waals surface area contributed by atoms with Crippen LogP contribution in [0.2, 0.25) is 0 Å². The average Bonchev–Trinajstić information content (AvgIpc) is 2.61. The number of carbonyl (C=O) groups is 1. The smallest absolute Gasteiger partial charge is 0.406 e. The van der Waals surface area contributed by atoms with Crippen molar-refractivity contribution in [3.63, 3.8) is 0 Å². The highest BCUT2D eigenvalue weighted by molar-refractivity contribution is 5.74. The Morgan fingerprint density at radius 2 is 1.77 bits per heavy atom. The molecule has 0 aliphatic rings. The van der Waals surface area contributed by atoms with E-state index in [0.717, 1.165) is 0 Å². The lowest BCUT2D eigenvalue weighted by Gasteiger charge is -2.19. The minimum atomic E-state index is -0.545. The van der Waals surface area contributed by atoms with E-state index in [1.54, 1.807) is 19.2 Å². The molecule has 0 aliphatic carbocycles. The van der Waals surface area contributed by atoms with Gasteiger partial charge >= 0.3 is 6.09 Å². The third kappa shape index (κ3) is 5.42. The van der Waals surface area contributed by atoms with Crippen molar-refractivity contribution in [1.82, 2.24) is 14.8 Å². The number of pyridine rings is 1. The number of aromatic nitrogens is 1. The summed E-state index contributed by atoms with van der Waals surface area (Å²) in [6.45, 7) is 1.21. The van der Waals surface area contributed by atoms with E-state index in [2.05, 4.69) is 15.2 Å². The van der Waals surface area contributed by atoms with Gasteiger partial charge < -0.3 is 26.0 Å². The summed E-state index contributed by atoms with van der Waals surface area (Å²) in [5.41, 5.74) is 12.5. The minimum Gasteiger partial charge on any atom is -0.406 e. The Labute approximate surface area is 152 Å². The van der Waals surface area contributed by atoms with Crippen molar-refractivity contribution >= 4 is 29.1 Å². The van der Waals surface area contributed by atoms with Crippen LogP contribution in [-0.4, -0.2) is 55.1 Å². The molecule has 1 amide bonds. The number of benzene rings is 1. The second-order valence-corrected chi connectivity index (χ2v) is 5.90. The molecule has 0 radical (unpaired) electrons. The summed E-state index contributed by atoms with van der Waals surface area (Å²) in [5.74, 6) is 0.196. The highest BCUT2D eigenvalue weighted by Gasteiger charge is 2.16. The first-order valence-electron chi connectivity index (χ1n) is 7.97. The predicted octanol–water partition coefficient (Wildman–Crippen LogP) is 2.65. The summed E-state index contributed by atoms with van der Waals surface area (Å²) in [6, 6.07) is 10.6. The van der Waals surface area contributed by atoms with E-state index < -0.39 is 6.09 Å². The van der Waals surface area contributed by atoms with Crippen LogP contribution in [0.3, 0.4) is 0 Å². The van der Waals surface area contributed by atoms with E-state index in [1.165, 1.54) is 11.0 Å². The summed E-state index contributed by atoms with van der Waals surface area (Å²) >= 11 is 0. The van der Waals surface area contributed by atoms with Gasteiger partial charge in [0.15, 0.2) is 17.4 Å². The summed E-state index contributed by atoms with van der Waals surface area (Å²) < 4.78 is 5.31. The Morgan fingerprint density at radius 1 is 1.08 bits per heavy atom. The van der Waals surface area contributed by atoms with Crippen molar-refractivity contribution in [3.8, 4) is 5.75 Å². The Kier molecular flexibility index (Phi) is 6.45. The van der Waals surface area contributed by atoms with Gasteiger partial charge in [0, 0.05) is 26.2 Å². The van der Waals surface area contributed by atoms with Crippen molar-refractivity contribution in [1.29, 1.82) is 0 Å². The van der Waals surface area contributed by atoms with Crippen LogP contribution in [0.15, 0.2) is 46.6 Å². The summed E-state index contributed by atoms with van der Waals surface area (Å²) in [4.78, 5) is 19.5. The van der Waals surface area contributed by atoms with Crippen molar-refractivity contribution in [3.05, 3.63) is 36.4 Å². The highest BCUT2D eigenvalue weighted by Crippen LogP contribution is 2.31. The number of anilines is 2. The van der Waals surface area contributed by atoms with Gasteiger partial charge in [0.1, 0.15) is 5.69 Å². The quantitative estimate of drug-likeness (QED) is 0.766. The van der Waals surface area contributed by atoms with Crippen LogP contribution in [-0.2, 0) is 0 Å². The number of ether oxygens (including phenoxy) is 1. The molecule has 0 saturated carbocycles. The van der Waals surface area contributed by atoms with Crippen LogP contribution in [0, 0.1) is 0 Å². The maximum absolute atomic E-state index is 12.2. The molecule has 26 heavy (non-hydrogen) atoms. The number of hydrogen-bond donors (Lipinski definition) is 2. The number of nitrogens with zero attached hydrogens (tertiary/aromatic N) is 5. The number of nitrogen functional groups attached to an aromatic ring is 2. The standard InChI is InChI=1S/C17H23N7O2/c1-23(2)9-10-24(3)17(25)26-14-11-13(15(18)20-16(14)19)22-21-12-7-5-4-6-8-12/h4-8,11H,9-10H2,1-3H3,(H4,18,19,20). The molecule has 0 spiro atoms. The number of likely N-dealkylation sites (N-methyl/N-ethyl adjacent to an activating group) is 2. The van der Waals surface area contributed by atoms with Gasteiger partial charge in [-0.3, -0.25) is 0 Å². The van der Waals surface area contributed by atoms with Crippen LogP contribution in [0.5, 0.6) is 5.75 Å². The molecule has 1 aromatic carbocycles. The van der Waals surface area contributed by atoms with Gasteiger partial charge in [0.25, 0.3) is 0 Å². The zero-order valence-corrected chi connectivity index (χ0v) is 15.1. The normalized spacial score (nSPS) is 11.1. The SMILES string of the molecule is CN(C)CCN(C)C(=O)Oc1cc(N=Nc2ccccc2)c(N)nc1N. The fourth-order valence-corrected chi connectivity index (χ4v) is 1.90. The van der Waals surface area contributed by atoms with E-state index >= 15 is 0 Å². The maximum Gasteiger partial charge on any atom is 0.415 e. The first-order chi connectivity index (χ1) is 12.4. The molecular weight excluding hydrogens is 334 g/mol. The largest absolute Gasteiger partial charge is 0.415 e. The molecule has 0 aliphatic heterocycles. The van der Waals surface area contributed by atoms with Crippen molar-refractivity contribution in [2.75, 3.05) is 45.7 Å². The molecule has 0 bridgehead atoms. The second-order valence-electron chi connectivity index (χ2n) is 5.90. The van der Waals surface area contributed by atoms with Crippen molar-refractivity contribution < 1.29 is 9.53 Å². The number of amides is 1. The highest BCUT2D eigenvalue weighted by atomic mass is 16.6. The third-order valence-corrected chi connectivity index (χ3v) is 3.44. The molecule has 0 atom stereocenters. The van der Waals surface area contributed by atoms with E-state index in [1.807, 2.05) is 37.2 Å².